The zero-order valence-corrected chi connectivity index (χ0v) is 17.9. The third-order valence-corrected chi connectivity index (χ3v) is 4.69. The van der Waals surface area contributed by atoms with E-state index in [9.17, 15) is 9.59 Å². The number of imidazole rings is 1. The second-order valence-electron chi connectivity index (χ2n) is 7.46. The van der Waals surface area contributed by atoms with Crippen molar-refractivity contribution in [2.45, 2.75) is 19.9 Å². The van der Waals surface area contributed by atoms with E-state index in [0.717, 1.165) is 5.69 Å². The van der Waals surface area contributed by atoms with Crippen molar-refractivity contribution in [3.63, 3.8) is 0 Å². The van der Waals surface area contributed by atoms with Crippen LogP contribution in [0.3, 0.4) is 0 Å². The number of aromatic nitrogens is 5. The number of ether oxygens (including phenoxy) is 1. The van der Waals surface area contributed by atoms with E-state index in [2.05, 4.69) is 20.3 Å². The Morgan fingerprint density at radius 3 is 2.59 bits per heavy atom. The van der Waals surface area contributed by atoms with Gasteiger partial charge in [-0.25, -0.2) is 9.97 Å². The number of nitrogens with zero attached hydrogens (tertiary/aromatic N) is 5. The summed E-state index contributed by atoms with van der Waals surface area (Å²) < 4.78 is 9.20. The summed E-state index contributed by atoms with van der Waals surface area (Å²) in [7, 11) is 1.89. The first-order chi connectivity index (χ1) is 15.4. The van der Waals surface area contributed by atoms with Gasteiger partial charge in [0, 0.05) is 37.7 Å². The van der Waals surface area contributed by atoms with Gasteiger partial charge in [-0.05, 0) is 44.2 Å². The van der Waals surface area contributed by atoms with Gasteiger partial charge in [-0.2, -0.15) is 0 Å². The zero-order valence-electron chi connectivity index (χ0n) is 17.9. The van der Waals surface area contributed by atoms with E-state index in [-0.39, 0.29) is 17.2 Å². The lowest BCUT2D eigenvalue weighted by Gasteiger charge is -2.11. The highest BCUT2D eigenvalue weighted by atomic mass is 16.5. The zero-order chi connectivity index (χ0) is 22.7. The lowest BCUT2D eigenvalue weighted by molar-refractivity contribution is 0.102. The lowest BCUT2D eigenvalue weighted by Crippen LogP contribution is -2.29. The summed E-state index contributed by atoms with van der Waals surface area (Å²) in [5.41, 5.74) is 1.14. The summed E-state index contributed by atoms with van der Waals surface area (Å²) in [6.45, 7) is 3.76. The first-order valence-corrected chi connectivity index (χ1v) is 10.0. The fourth-order valence-electron chi connectivity index (χ4n) is 3.08. The normalized spacial score (nSPS) is 10.9. The summed E-state index contributed by atoms with van der Waals surface area (Å²) in [5.74, 6) is 0.867. The molecule has 0 saturated heterocycles. The average molecular weight is 430 g/mol. The maximum Gasteiger partial charge on any atom is 0.263 e. The molecule has 0 unspecified atom stereocenters. The number of hydrogen-bond donors (Lipinski definition) is 1. The summed E-state index contributed by atoms with van der Waals surface area (Å²) in [4.78, 5) is 37.9. The quantitative estimate of drug-likeness (QED) is 0.501. The third kappa shape index (κ3) is 4.56. The van der Waals surface area contributed by atoms with E-state index < -0.39 is 5.91 Å². The van der Waals surface area contributed by atoms with Crippen LogP contribution in [-0.2, 0) is 7.05 Å². The van der Waals surface area contributed by atoms with Crippen LogP contribution in [0.2, 0.25) is 0 Å². The Balaban J connectivity index is 1.46. The molecule has 0 aliphatic heterocycles. The number of amides is 1. The standard InChI is InChI=1S/C23H22N6O3/c1-15(2)29-10-4-5-18(23(29)31)22(30)27-21-7-6-17(12-25-21)32-16-8-9-24-19(11-16)20-13-28(3)14-26-20/h4-15H,1-3H3,(H,25,27,30). The molecule has 4 heterocycles. The Hall–Kier alpha value is -4.27. The van der Waals surface area contributed by atoms with Gasteiger partial charge in [0.25, 0.3) is 11.5 Å². The molecule has 0 saturated carbocycles. The van der Waals surface area contributed by atoms with Crippen LogP contribution in [0.25, 0.3) is 11.4 Å². The van der Waals surface area contributed by atoms with Crippen LogP contribution in [-0.4, -0.2) is 30.0 Å². The number of carbonyl (C=O) groups is 1. The minimum atomic E-state index is -0.514. The van der Waals surface area contributed by atoms with Gasteiger partial charge in [0.2, 0.25) is 0 Å². The molecule has 0 aromatic carbocycles. The number of hydrogen-bond acceptors (Lipinski definition) is 6. The average Bonchev–Trinajstić information content (AvgIpc) is 3.21. The predicted octanol–water partition coefficient (Wildman–Crippen LogP) is 3.66. The molecule has 0 aliphatic rings. The maximum atomic E-state index is 12.5. The summed E-state index contributed by atoms with van der Waals surface area (Å²) >= 11 is 0. The smallest absolute Gasteiger partial charge is 0.263 e. The maximum absolute atomic E-state index is 12.5. The fraction of sp³-hybridized carbons (Fsp3) is 0.174. The highest BCUT2D eigenvalue weighted by Crippen LogP contribution is 2.25. The molecule has 4 rings (SSSR count). The highest BCUT2D eigenvalue weighted by Gasteiger charge is 2.14. The van der Waals surface area contributed by atoms with Gasteiger partial charge < -0.3 is 19.2 Å². The number of rotatable bonds is 6. The van der Waals surface area contributed by atoms with E-state index in [1.807, 2.05) is 31.7 Å². The number of carbonyl (C=O) groups excluding carboxylic acids is 1. The Bertz CT molecular complexity index is 1310. The molecule has 1 amide bonds. The van der Waals surface area contributed by atoms with Crippen molar-refractivity contribution in [1.29, 1.82) is 0 Å². The summed E-state index contributed by atoms with van der Waals surface area (Å²) in [5, 5.41) is 2.65. The van der Waals surface area contributed by atoms with Gasteiger partial charge in [0.15, 0.2) is 0 Å². The van der Waals surface area contributed by atoms with Crippen LogP contribution >= 0.6 is 0 Å². The molecule has 32 heavy (non-hydrogen) atoms. The first kappa shape index (κ1) is 21.0. The second-order valence-corrected chi connectivity index (χ2v) is 7.46. The topological polar surface area (TPSA) is 104 Å². The Labute approximate surface area is 184 Å². The fourth-order valence-corrected chi connectivity index (χ4v) is 3.08. The Morgan fingerprint density at radius 1 is 1.06 bits per heavy atom. The number of pyridine rings is 3. The third-order valence-electron chi connectivity index (χ3n) is 4.69. The van der Waals surface area contributed by atoms with E-state index in [4.69, 9.17) is 4.74 Å². The van der Waals surface area contributed by atoms with Crippen molar-refractivity contribution >= 4 is 11.7 Å². The molecule has 0 atom stereocenters. The van der Waals surface area contributed by atoms with Crippen LogP contribution in [0.15, 0.2) is 72.3 Å². The number of anilines is 1. The molecule has 0 spiro atoms. The molecule has 0 fully saturated rings. The highest BCUT2D eigenvalue weighted by molar-refractivity contribution is 6.03. The van der Waals surface area contributed by atoms with E-state index in [1.165, 1.54) is 16.8 Å². The van der Waals surface area contributed by atoms with Crippen molar-refractivity contribution in [2.24, 2.45) is 7.05 Å². The summed E-state index contributed by atoms with van der Waals surface area (Å²) in [6.07, 6.45) is 8.37. The van der Waals surface area contributed by atoms with Crippen molar-refractivity contribution < 1.29 is 9.53 Å². The molecule has 4 aromatic heterocycles. The predicted molar refractivity (Wildman–Crippen MR) is 120 cm³/mol. The van der Waals surface area contributed by atoms with Crippen LogP contribution in [0.5, 0.6) is 11.5 Å². The van der Waals surface area contributed by atoms with Crippen molar-refractivity contribution in [3.05, 3.63) is 83.4 Å². The molecule has 0 aliphatic carbocycles. The second kappa shape index (κ2) is 8.84. The van der Waals surface area contributed by atoms with Crippen LogP contribution in [0, 0.1) is 0 Å². The van der Waals surface area contributed by atoms with E-state index in [0.29, 0.717) is 23.0 Å². The minimum Gasteiger partial charge on any atom is -0.456 e. The largest absolute Gasteiger partial charge is 0.456 e. The van der Waals surface area contributed by atoms with E-state index in [1.54, 1.807) is 49.1 Å². The molecule has 9 nitrogen and oxygen atoms in total. The molecule has 0 radical (unpaired) electrons. The molecule has 162 valence electrons. The van der Waals surface area contributed by atoms with Gasteiger partial charge in [-0.15, -0.1) is 0 Å². The monoisotopic (exact) mass is 430 g/mol. The molecular formula is C23H22N6O3. The molecular weight excluding hydrogens is 408 g/mol. The first-order valence-electron chi connectivity index (χ1n) is 10.0. The Kier molecular flexibility index (Phi) is 5.80. The lowest BCUT2D eigenvalue weighted by atomic mass is 10.2. The molecule has 4 aromatic rings. The van der Waals surface area contributed by atoms with Gasteiger partial charge in [0.1, 0.15) is 28.6 Å². The Morgan fingerprint density at radius 2 is 1.91 bits per heavy atom. The van der Waals surface area contributed by atoms with Gasteiger partial charge in [0.05, 0.1) is 18.2 Å². The van der Waals surface area contributed by atoms with Crippen LogP contribution in [0.1, 0.15) is 30.2 Å². The molecule has 0 bridgehead atoms. The van der Waals surface area contributed by atoms with E-state index >= 15 is 0 Å². The minimum absolute atomic E-state index is 0.0452. The SMILES string of the molecule is CC(C)n1cccc(C(=O)Nc2ccc(Oc3ccnc(-c4cn(C)cn4)c3)cn2)c1=O. The van der Waals surface area contributed by atoms with Gasteiger partial charge >= 0.3 is 0 Å². The summed E-state index contributed by atoms with van der Waals surface area (Å²) in [6, 6.07) is 9.94. The molecule has 9 heteroatoms. The van der Waals surface area contributed by atoms with Gasteiger partial charge in [-0.1, -0.05) is 0 Å². The van der Waals surface area contributed by atoms with Crippen molar-refractivity contribution in [2.75, 3.05) is 5.32 Å². The van der Waals surface area contributed by atoms with Crippen molar-refractivity contribution in [3.8, 4) is 22.9 Å². The van der Waals surface area contributed by atoms with Crippen LogP contribution in [0.4, 0.5) is 5.82 Å². The van der Waals surface area contributed by atoms with Crippen molar-refractivity contribution in [1.82, 2.24) is 24.1 Å². The van der Waals surface area contributed by atoms with Crippen LogP contribution < -0.4 is 15.6 Å². The number of aryl methyl sites for hydroxylation is 1. The number of nitrogens with one attached hydrogen (secondary N) is 1. The van der Waals surface area contributed by atoms with Gasteiger partial charge in [-0.3, -0.25) is 14.6 Å². The molecule has 1 N–H and O–H groups in total.